The average molecular weight is 405 g/mol. The molecule has 2 N–H and O–H groups in total. The van der Waals surface area contributed by atoms with Crippen molar-refractivity contribution in [1.82, 2.24) is 25.3 Å². The summed E-state index contributed by atoms with van der Waals surface area (Å²) in [5, 5.41) is 11.3. The molecule has 28 heavy (non-hydrogen) atoms. The summed E-state index contributed by atoms with van der Waals surface area (Å²) in [4.78, 5) is 18.5. The minimum Gasteiger partial charge on any atom is -0.354 e. The molecule has 8 heteroatoms. The lowest BCUT2D eigenvalue weighted by atomic mass is 10.1. The third kappa shape index (κ3) is 5.99. The lowest BCUT2D eigenvalue weighted by Gasteiger charge is -2.22. The number of guanidine groups is 1. The zero-order chi connectivity index (χ0) is 20.7. The van der Waals surface area contributed by atoms with E-state index in [1.54, 1.807) is 31.3 Å². The number of rotatable bonds is 7. The molecule has 1 heterocycles. The number of aliphatic imine (C=N–C) groups is 1. The predicted octanol–water partition coefficient (Wildman–Crippen LogP) is 2.63. The number of nitrogens with one attached hydrogen (secondary N) is 2. The van der Waals surface area contributed by atoms with Crippen molar-refractivity contribution in [2.45, 2.75) is 26.3 Å². The fraction of sp³-hybridized carbons (Fsp3) is 0.450. The molecule has 0 atom stereocenters. The maximum Gasteiger partial charge on any atom is 0.251 e. The Bertz CT molecular complexity index is 813. The lowest BCUT2D eigenvalue weighted by Crippen LogP contribution is -2.42. The van der Waals surface area contributed by atoms with Crippen LogP contribution in [0, 0.1) is 0 Å². The highest BCUT2D eigenvalue weighted by Crippen LogP contribution is 2.18. The van der Waals surface area contributed by atoms with Crippen molar-refractivity contribution in [2.75, 3.05) is 27.2 Å². The number of aromatic nitrogens is 2. The topological polar surface area (TPSA) is 74.6 Å². The Morgan fingerprint density at radius 2 is 1.89 bits per heavy atom. The van der Waals surface area contributed by atoms with Crippen LogP contribution in [0.1, 0.15) is 41.4 Å². The second-order valence-corrected chi connectivity index (χ2v) is 7.40. The van der Waals surface area contributed by atoms with Gasteiger partial charge in [0.05, 0.1) is 5.69 Å². The smallest absolute Gasteiger partial charge is 0.251 e. The van der Waals surface area contributed by atoms with Crippen LogP contribution >= 0.6 is 11.6 Å². The Kier molecular flexibility index (Phi) is 7.87. The van der Waals surface area contributed by atoms with Crippen LogP contribution in [0.15, 0.2) is 35.5 Å². The number of benzene rings is 1. The highest BCUT2D eigenvalue weighted by molar-refractivity contribution is 6.30. The molecule has 0 fully saturated rings. The quantitative estimate of drug-likeness (QED) is 0.422. The number of hydrogen-bond acceptors (Lipinski definition) is 3. The van der Waals surface area contributed by atoms with Crippen LogP contribution in [-0.2, 0) is 13.6 Å². The number of halogens is 1. The van der Waals surface area contributed by atoms with Crippen LogP contribution in [0.3, 0.4) is 0 Å². The first-order valence-electron chi connectivity index (χ1n) is 9.29. The van der Waals surface area contributed by atoms with Crippen LogP contribution in [0.5, 0.6) is 0 Å². The second-order valence-electron chi connectivity index (χ2n) is 6.96. The van der Waals surface area contributed by atoms with Gasteiger partial charge in [0, 0.05) is 63.1 Å². The molecular weight excluding hydrogens is 376 g/mol. The maximum atomic E-state index is 12.1. The van der Waals surface area contributed by atoms with Crippen LogP contribution < -0.4 is 10.6 Å². The van der Waals surface area contributed by atoms with E-state index in [2.05, 4.69) is 34.6 Å². The van der Waals surface area contributed by atoms with Crippen molar-refractivity contribution in [3.05, 3.63) is 52.3 Å². The molecule has 0 spiro atoms. The molecule has 0 bridgehead atoms. The van der Waals surface area contributed by atoms with Gasteiger partial charge in [-0.2, -0.15) is 5.10 Å². The molecular formula is C20H29ClN6O. The number of carbonyl (C=O) groups excluding carboxylic acids is 1. The van der Waals surface area contributed by atoms with Gasteiger partial charge in [0.2, 0.25) is 0 Å². The summed E-state index contributed by atoms with van der Waals surface area (Å²) >= 11 is 5.85. The van der Waals surface area contributed by atoms with Crippen molar-refractivity contribution in [2.24, 2.45) is 12.0 Å². The van der Waals surface area contributed by atoms with Gasteiger partial charge in [-0.1, -0.05) is 25.4 Å². The van der Waals surface area contributed by atoms with Crippen LogP contribution in [0.2, 0.25) is 5.02 Å². The largest absolute Gasteiger partial charge is 0.354 e. The Hall–Kier alpha value is -2.54. The van der Waals surface area contributed by atoms with Gasteiger partial charge in [0.25, 0.3) is 5.91 Å². The van der Waals surface area contributed by atoms with Gasteiger partial charge in [-0.05, 0) is 30.2 Å². The first kappa shape index (κ1) is 21.8. The summed E-state index contributed by atoms with van der Waals surface area (Å²) in [6, 6.07) is 6.82. The molecule has 152 valence electrons. The van der Waals surface area contributed by atoms with E-state index in [0.717, 1.165) is 11.7 Å². The average Bonchev–Trinajstić information content (AvgIpc) is 3.02. The lowest BCUT2D eigenvalue weighted by molar-refractivity contribution is 0.0954. The third-order valence-corrected chi connectivity index (χ3v) is 4.52. The standard InChI is InChI=1S/C20H29ClN6O/c1-14(2)18-16(13-27(5)25-18)12-26(4)20(22-3)24-11-10-23-19(28)15-6-8-17(21)9-7-15/h6-9,13-14H,10-12H2,1-5H3,(H,22,24)(H,23,28). The van der Waals surface area contributed by atoms with E-state index in [-0.39, 0.29) is 5.91 Å². The molecule has 0 unspecified atom stereocenters. The van der Waals surface area contributed by atoms with Crippen molar-refractivity contribution >= 4 is 23.5 Å². The van der Waals surface area contributed by atoms with E-state index < -0.39 is 0 Å². The first-order chi connectivity index (χ1) is 13.3. The molecule has 0 radical (unpaired) electrons. The Labute approximate surface area is 171 Å². The van der Waals surface area contributed by atoms with Crippen LogP contribution in [-0.4, -0.2) is 53.7 Å². The Morgan fingerprint density at radius 1 is 1.25 bits per heavy atom. The van der Waals surface area contributed by atoms with E-state index in [1.807, 2.05) is 29.9 Å². The monoisotopic (exact) mass is 404 g/mol. The first-order valence-corrected chi connectivity index (χ1v) is 9.67. The zero-order valence-electron chi connectivity index (χ0n) is 17.2. The zero-order valence-corrected chi connectivity index (χ0v) is 17.9. The number of hydrogen-bond donors (Lipinski definition) is 2. The Morgan fingerprint density at radius 3 is 2.50 bits per heavy atom. The molecule has 0 saturated heterocycles. The highest BCUT2D eigenvalue weighted by Gasteiger charge is 2.15. The summed E-state index contributed by atoms with van der Waals surface area (Å²) in [7, 11) is 5.67. The van der Waals surface area contributed by atoms with Crippen LogP contribution in [0.4, 0.5) is 0 Å². The molecule has 2 rings (SSSR count). The maximum absolute atomic E-state index is 12.1. The summed E-state index contributed by atoms with van der Waals surface area (Å²) in [5.41, 5.74) is 2.86. The normalized spacial score (nSPS) is 11.6. The van der Waals surface area contributed by atoms with Crippen LogP contribution in [0.25, 0.3) is 0 Å². The molecule has 1 amide bonds. The van der Waals surface area contributed by atoms with Crippen molar-refractivity contribution in [3.8, 4) is 0 Å². The second kappa shape index (κ2) is 10.1. The van der Waals surface area contributed by atoms with E-state index in [9.17, 15) is 4.79 Å². The molecule has 7 nitrogen and oxygen atoms in total. The summed E-state index contributed by atoms with van der Waals surface area (Å²) in [6.07, 6.45) is 2.05. The van der Waals surface area contributed by atoms with Gasteiger partial charge in [0.1, 0.15) is 0 Å². The van der Waals surface area contributed by atoms with Crippen molar-refractivity contribution < 1.29 is 4.79 Å². The van der Waals surface area contributed by atoms with Gasteiger partial charge in [-0.15, -0.1) is 0 Å². The van der Waals surface area contributed by atoms with Gasteiger partial charge in [-0.25, -0.2) is 0 Å². The molecule has 1 aromatic heterocycles. The minimum absolute atomic E-state index is 0.126. The molecule has 0 aliphatic heterocycles. The number of nitrogens with zero attached hydrogens (tertiary/aromatic N) is 4. The van der Waals surface area contributed by atoms with E-state index >= 15 is 0 Å². The van der Waals surface area contributed by atoms with Gasteiger partial charge >= 0.3 is 0 Å². The summed E-state index contributed by atoms with van der Waals surface area (Å²) in [5.74, 6) is 1.00. The summed E-state index contributed by atoms with van der Waals surface area (Å²) < 4.78 is 1.85. The molecule has 1 aromatic carbocycles. The summed E-state index contributed by atoms with van der Waals surface area (Å²) in [6.45, 7) is 6.04. The minimum atomic E-state index is -0.126. The van der Waals surface area contributed by atoms with E-state index in [0.29, 0.717) is 36.1 Å². The van der Waals surface area contributed by atoms with E-state index in [4.69, 9.17) is 11.6 Å². The number of carbonyl (C=O) groups is 1. The molecule has 0 aliphatic carbocycles. The van der Waals surface area contributed by atoms with Crippen molar-refractivity contribution in [3.63, 3.8) is 0 Å². The van der Waals surface area contributed by atoms with E-state index in [1.165, 1.54) is 5.56 Å². The number of amides is 1. The Balaban J connectivity index is 1.83. The molecule has 0 aliphatic rings. The molecule has 2 aromatic rings. The third-order valence-electron chi connectivity index (χ3n) is 4.26. The fourth-order valence-electron chi connectivity index (χ4n) is 2.93. The van der Waals surface area contributed by atoms with Gasteiger partial charge in [-0.3, -0.25) is 14.5 Å². The van der Waals surface area contributed by atoms with Gasteiger partial charge < -0.3 is 15.5 Å². The highest BCUT2D eigenvalue weighted by atomic mass is 35.5. The molecule has 0 saturated carbocycles. The number of aryl methyl sites for hydroxylation is 1. The fourth-order valence-corrected chi connectivity index (χ4v) is 3.06. The van der Waals surface area contributed by atoms with Crippen molar-refractivity contribution in [1.29, 1.82) is 0 Å². The van der Waals surface area contributed by atoms with Gasteiger partial charge in [0.15, 0.2) is 5.96 Å². The SMILES string of the molecule is CN=C(NCCNC(=O)c1ccc(Cl)cc1)N(C)Cc1cn(C)nc1C(C)C. The predicted molar refractivity (Wildman–Crippen MR) is 114 cm³/mol.